The molecule has 4 nitrogen and oxygen atoms in total. The third-order valence-electron chi connectivity index (χ3n) is 3.01. The minimum atomic E-state index is 0.000250. The first kappa shape index (κ1) is 12.3. The lowest BCUT2D eigenvalue weighted by atomic mass is 10.1. The molecule has 0 spiro atoms. The maximum Gasteiger partial charge on any atom is 0.272 e. The van der Waals surface area contributed by atoms with E-state index >= 15 is 0 Å². The summed E-state index contributed by atoms with van der Waals surface area (Å²) in [5.41, 5.74) is 0.472. The van der Waals surface area contributed by atoms with E-state index in [-0.39, 0.29) is 5.91 Å². The topological polar surface area (TPSA) is 45.2 Å². The Hall–Kier alpha value is -1.13. The van der Waals surface area contributed by atoms with E-state index in [9.17, 15) is 4.79 Å². The molecule has 0 aromatic carbocycles. The molecule has 2 heterocycles. The largest absolute Gasteiger partial charge is 0.337 e. The van der Waals surface area contributed by atoms with Crippen molar-refractivity contribution < 1.29 is 4.79 Å². The summed E-state index contributed by atoms with van der Waals surface area (Å²) in [5.74, 6) is 0.552. The Morgan fingerprint density at radius 1 is 1.65 bits per heavy atom. The number of nitrogens with one attached hydrogen (secondary N) is 1. The minimum Gasteiger partial charge on any atom is -0.337 e. The second kappa shape index (κ2) is 5.47. The van der Waals surface area contributed by atoms with Crippen LogP contribution in [0.5, 0.6) is 0 Å². The number of hydrogen-bond acceptors (Lipinski definition) is 3. The Balaban J connectivity index is 1.99. The average Bonchev–Trinajstić information content (AvgIpc) is 2.78. The summed E-state index contributed by atoms with van der Waals surface area (Å²) >= 11 is 5.74. The van der Waals surface area contributed by atoms with Crippen molar-refractivity contribution in [2.45, 2.75) is 6.42 Å². The van der Waals surface area contributed by atoms with Crippen LogP contribution in [-0.2, 0) is 0 Å². The van der Waals surface area contributed by atoms with Gasteiger partial charge in [0.25, 0.3) is 5.91 Å². The molecule has 92 valence electrons. The third-order valence-corrected chi connectivity index (χ3v) is 3.24. The molecule has 0 bridgehead atoms. The molecule has 1 aromatic heterocycles. The fraction of sp³-hybridized carbons (Fsp3) is 0.500. The highest BCUT2D eigenvalue weighted by molar-refractivity contribution is 6.30. The third kappa shape index (κ3) is 2.96. The van der Waals surface area contributed by atoms with Crippen LogP contribution in [0.3, 0.4) is 0 Å². The second-order valence-electron chi connectivity index (χ2n) is 4.33. The highest BCUT2D eigenvalue weighted by Crippen LogP contribution is 2.18. The van der Waals surface area contributed by atoms with Gasteiger partial charge in [-0.05, 0) is 38.1 Å². The average molecular weight is 254 g/mol. The molecule has 0 saturated carbocycles. The number of carbonyl (C=O) groups excluding carboxylic acids is 1. The van der Waals surface area contributed by atoms with Gasteiger partial charge in [0.05, 0.1) is 5.02 Å². The van der Waals surface area contributed by atoms with Crippen molar-refractivity contribution in [1.29, 1.82) is 0 Å². The van der Waals surface area contributed by atoms with Gasteiger partial charge in [0.2, 0.25) is 0 Å². The Bertz CT molecular complexity index is 393. The smallest absolute Gasteiger partial charge is 0.272 e. The molecule has 1 fully saturated rings. The van der Waals surface area contributed by atoms with Crippen LogP contribution in [0, 0.1) is 5.92 Å². The molecular formula is C12H16ClN3O. The number of hydrogen-bond donors (Lipinski definition) is 1. The van der Waals surface area contributed by atoms with E-state index < -0.39 is 0 Å². The summed E-state index contributed by atoms with van der Waals surface area (Å²) < 4.78 is 0. The second-order valence-corrected chi connectivity index (χ2v) is 4.76. The summed E-state index contributed by atoms with van der Waals surface area (Å²) in [6.45, 7) is 2.58. The van der Waals surface area contributed by atoms with Gasteiger partial charge < -0.3 is 10.2 Å². The lowest BCUT2D eigenvalue weighted by molar-refractivity contribution is 0.0781. The van der Waals surface area contributed by atoms with Crippen molar-refractivity contribution in [3.8, 4) is 0 Å². The van der Waals surface area contributed by atoms with Gasteiger partial charge in [0, 0.05) is 19.3 Å². The van der Waals surface area contributed by atoms with Crippen LogP contribution in [0.25, 0.3) is 0 Å². The number of carbonyl (C=O) groups is 1. The first-order valence-electron chi connectivity index (χ1n) is 5.76. The van der Waals surface area contributed by atoms with Crippen LogP contribution in [0.4, 0.5) is 0 Å². The molecule has 17 heavy (non-hydrogen) atoms. The van der Waals surface area contributed by atoms with Crippen molar-refractivity contribution in [3.05, 3.63) is 29.0 Å². The van der Waals surface area contributed by atoms with E-state index in [4.69, 9.17) is 11.6 Å². The molecule has 1 aliphatic heterocycles. The summed E-state index contributed by atoms with van der Waals surface area (Å²) in [7, 11) is 1.94. The fourth-order valence-corrected chi connectivity index (χ4v) is 2.25. The van der Waals surface area contributed by atoms with Crippen molar-refractivity contribution in [1.82, 2.24) is 15.2 Å². The van der Waals surface area contributed by atoms with Gasteiger partial charge in [-0.2, -0.15) is 0 Å². The molecule has 1 N–H and O–H groups in total. The molecule has 2 rings (SSSR count). The summed E-state index contributed by atoms with van der Waals surface area (Å²) in [5, 5.41) is 3.70. The lowest BCUT2D eigenvalue weighted by Gasteiger charge is -2.15. The zero-order valence-corrected chi connectivity index (χ0v) is 10.6. The summed E-state index contributed by atoms with van der Waals surface area (Å²) in [6.07, 6.45) is 2.57. The monoisotopic (exact) mass is 253 g/mol. The number of nitrogens with zero attached hydrogens (tertiary/aromatic N) is 2. The van der Waals surface area contributed by atoms with E-state index in [1.165, 1.54) is 6.20 Å². The molecule has 1 aromatic rings. The molecule has 0 radical (unpaired) electrons. The molecule has 1 aliphatic rings. The first-order valence-corrected chi connectivity index (χ1v) is 6.14. The van der Waals surface area contributed by atoms with Crippen molar-refractivity contribution >= 4 is 17.5 Å². The van der Waals surface area contributed by atoms with Gasteiger partial charge in [-0.25, -0.2) is 4.98 Å². The van der Waals surface area contributed by atoms with Gasteiger partial charge in [-0.15, -0.1) is 0 Å². The van der Waals surface area contributed by atoms with Crippen LogP contribution >= 0.6 is 11.6 Å². The SMILES string of the molecule is CNCC1CCN(C(=O)c2ccc(Cl)cn2)C1. The predicted molar refractivity (Wildman–Crippen MR) is 67.2 cm³/mol. The van der Waals surface area contributed by atoms with Crippen molar-refractivity contribution in [2.75, 3.05) is 26.7 Å². The predicted octanol–water partition coefficient (Wildman–Crippen LogP) is 1.42. The van der Waals surface area contributed by atoms with E-state index in [2.05, 4.69) is 10.3 Å². The lowest BCUT2D eigenvalue weighted by Crippen LogP contribution is -2.30. The number of halogens is 1. The molecule has 5 heteroatoms. The Labute approximate surface area is 106 Å². The highest BCUT2D eigenvalue weighted by Gasteiger charge is 2.26. The van der Waals surface area contributed by atoms with Gasteiger partial charge in [-0.3, -0.25) is 4.79 Å². The number of likely N-dealkylation sites (tertiary alicyclic amines) is 1. The van der Waals surface area contributed by atoms with E-state index in [1.807, 2.05) is 11.9 Å². The van der Waals surface area contributed by atoms with E-state index in [0.29, 0.717) is 16.6 Å². The zero-order valence-electron chi connectivity index (χ0n) is 9.82. The summed E-state index contributed by atoms with van der Waals surface area (Å²) in [4.78, 5) is 18.0. The number of amides is 1. The molecule has 1 amide bonds. The Morgan fingerprint density at radius 2 is 2.47 bits per heavy atom. The molecule has 1 unspecified atom stereocenters. The highest BCUT2D eigenvalue weighted by atomic mass is 35.5. The minimum absolute atomic E-state index is 0.000250. The van der Waals surface area contributed by atoms with Gasteiger partial charge >= 0.3 is 0 Å². The maximum atomic E-state index is 12.1. The first-order chi connectivity index (χ1) is 8.20. The van der Waals surface area contributed by atoms with Crippen LogP contribution in [-0.4, -0.2) is 42.5 Å². The van der Waals surface area contributed by atoms with Gasteiger partial charge in [0.15, 0.2) is 0 Å². The van der Waals surface area contributed by atoms with Crippen LogP contribution in [0.2, 0.25) is 5.02 Å². The molecular weight excluding hydrogens is 238 g/mol. The van der Waals surface area contributed by atoms with E-state index in [0.717, 1.165) is 26.1 Å². The number of pyridine rings is 1. The standard InChI is InChI=1S/C12H16ClN3O/c1-14-6-9-4-5-16(8-9)12(17)11-3-2-10(13)7-15-11/h2-3,7,9,14H,4-6,8H2,1H3. The van der Waals surface area contributed by atoms with Gasteiger partial charge in [0.1, 0.15) is 5.69 Å². The normalized spacial score (nSPS) is 19.6. The number of rotatable bonds is 3. The van der Waals surface area contributed by atoms with Crippen molar-refractivity contribution in [3.63, 3.8) is 0 Å². The number of aromatic nitrogens is 1. The van der Waals surface area contributed by atoms with Crippen LogP contribution < -0.4 is 5.32 Å². The van der Waals surface area contributed by atoms with Gasteiger partial charge in [-0.1, -0.05) is 11.6 Å². The van der Waals surface area contributed by atoms with Crippen LogP contribution in [0.1, 0.15) is 16.9 Å². The maximum absolute atomic E-state index is 12.1. The molecule has 1 atom stereocenters. The Kier molecular flexibility index (Phi) is 3.97. The molecule has 1 saturated heterocycles. The van der Waals surface area contributed by atoms with Crippen molar-refractivity contribution in [2.24, 2.45) is 5.92 Å². The quantitative estimate of drug-likeness (QED) is 0.886. The zero-order chi connectivity index (χ0) is 12.3. The fourth-order valence-electron chi connectivity index (χ4n) is 2.14. The van der Waals surface area contributed by atoms with Crippen LogP contribution in [0.15, 0.2) is 18.3 Å². The van der Waals surface area contributed by atoms with E-state index in [1.54, 1.807) is 12.1 Å². The summed E-state index contributed by atoms with van der Waals surface area (Å²) in [6, 6.07) is 3.37. The Morgan fingerprint density at radius 3 is 3.12 bits per heavy atom. The molecule has 0 aliphatic carbocycles.